The summed E-state index contributed by atoms with van der Waals surface area (Å²) in [6, 6.07) is 17.5. The largest absolute Gasteiger partial charge is 0.385 e. The molecule has 0 bridgehead atoms. The Morgan fingerprint density at radius 2 is 1.66 bits per heavy atom. The SMILES string of the molecule is COCCCN1CC2N(CC1=O)C(=O)CN(C)N2C(=O)NCc1ccc(F)cc1.c1ccccc1. The number of carbonyl (C=O) groups is 3. The van der Waals surface area contributed by atoms with E-state index in [0.29, 0.717) is 19.6 Å². The number of hydrogen-bond donors (Lipinski definition) is 1. The number of hydrazine groups is 1. The van der Waals surface area contributed by atoms with E-state index in [4.69, 9.17) is 4.74 Å². The second-order valence-corrected chi connectivity index (χ2v) is 8.29. The fourth-order valence-corrected chi connectivity index (χ4v) is 3.95. The number of hydrogen-bond acceptors (Lipinski definition) is 5. The third kappa shape index (κ3) is 7.24. The minimum absolute atomic E-state index is 0.0113. The first-order chi connectivity index (χ1) is 16.9. The number of nitrogens with one attached hydrogen (secondary N) is 1. The van der Waals surface area contributed by atoms with Crippen molar-refractivity contribution in [2.45, 2.75) is 19.1 Å². The van der Waals surface area contributed by atoms with Crippen LogP contribution in [-0.4, -0.2) is 90.8 Å². The van der Waals surface area contributed by atoms with Gasteiger partial charge in [0.1, 0.15) is 18.5 Å². The summed E-state index contributed by atoms with van der Waals surface area (Å²) in [5, 5.41) is 5.84. The molecule has 4 amide bonds. The monoisotopic (exact) mass is 485 g/mol. The number of rotatable bonds is 6. The van der Waals surface area contributed by atoms with Crippen LogP contribution in [0.1, 0.15) is 12.0 Å². The zero-order valence-electron chi connectivity index (χ0n) is 20.1. The zero-order valence-corrected chi connectivity index (χ0v) is 20.1. The summed E-state index contributed by atoms with van der Waals surface area (Å²) in [5.41, 5.74) is 0.757. The lowest BCUT2D eigenvalue weighted by atomic mass is 10.2. The Morgan fingerprint density at radius 1 is 1.03 bits per heavy atom. The smallest absolute Gasteiger partial charge is 0.334 e. The van der Waals surface area contributed by atoms with Crippen molar-refractivity contribution in [3.8, 4) is 0 Å². The van der Waals surface area contributed by atoms with Crippen molar-refractivity contribution in [1.29, 1.82) is 0 Å². The number of carbonyl (C=O) groups excluding carboxylic acids is 3. The molecular weight excluding hydrogens is 453 g/mol. The van der Waals surface area contributed by atoms with Gasteiger partial charge < -0.3 is 19.9 Å². The molecule has 0 spiro atoms. The maximum atomic E-state index is 13.0. The van der Waals surface area contributed by atoms with Crippen LogP contribution in [0.25, 0.3) is 0 Å². The van der Waals surface area contributed by atoms with E-state index in [0.717, 1.165) is 5.56 Å². The molecule has 1 N–H and O–H groups in total. The Labute approximate surface area is 205 Å². The van der Waals surface area contributed by atoms with Gasteiger partial charge in [-0.3, -0.25) is 9.59 Å². The average molecular weight is 486 g/mol. The van der Waals surface area contributed by atoms with Gasteiger partial charge in [0.15, 0.2) is 0 Å². The Morgan fingerprint density at radius 3 is 2.26 bits per heavy atom. The van der Waals surface area contributed by atoms with E-state index in [1.165, 1.54) is 22.0 Å². The molecule has 35 heavy (non-hydrogen) atoms. The fourth-order valence-electron chi connectivity index (χ4n) is 3.95. The zero-order chi connectivity index (χ0) is 25.2. The van der Waals surface area contributed by atoms with Gasteiger partial charge in [0.25, 0.3) is 0 Å². The van der Waals surface area contributed by atoms with Crippen LogP contribution in [0.5, 0.6) is 0 Å². The number of urea groups is 1. The molecule has 0 radical (unpaired) electrons. The number of nitrogens with zero attached hydrogens (tertiary/aromatic N) is 4. The summed E-state index contributed by atoms with van der Waals surface area (Å²) >= 11 is 0. The van der Waals surface area contributed by atoms with Gasteiger partial charge in [0.05, 0.1) is 13.1 Å². The van der Waals surface area contributed by atoms with Gasteiger partial charge >= 0.3 is 6.03 Å². The number of ether oxygens (including phenoxy) is 1. The van der Waals surface area contributed by atoms with E-state index in [1.807, 2.05) is 36.4 Å². The van der Waals surface area contributed by atoms with Crippen LogP contribution >= 0.6 is 0 Å². The van der Waals surface area contributed by atoms with E-state index in [1.54, 1.807) is 36.2 Å². The molecule has 188 valence electrons. The summed E-state index contributed by atoms with van der Waals surface area (Å²) in [4.78, 5) is 40.9. The molecule has 0 aromatic heterocycles. The van der Waals surface area contributed by atoms with Crippen molar-refractivity contribution in [3.63, 3.8) is 0 Å². The summed E-state index contributed by atoms with van der Waals surface area (Å²) < 4.78 is 18.1. The normalized spacial score (nSPS) is 18.0. The Balaban J connectivity index is 0.000000497. The van der Waals surface area contributed by atoms with Gasteiger partial charge in [-0.2, -0.15) is 0 Å². The number of fused-ring (bicyclic) bond motifs is 1. The Kier molecular flexibility index (Phi) is 9.56. The minimum atomic E-state index is -0.574. The Hall–Kier alpha value is -3.50. The molecule has 2 heterocycles. The highest BCUT2D eigenvalue weighted by Crippen LogP contribution is 2.21. The molecule has 4 rings (SSSR count). The van der Waals surface area contributed by atoms with E-state index < -0.39 is 6.17 Å². The second-order valence-electron chi connectivity index (χ2n) is 8.29. The van der Waals surface area contributed by atoms with E-state index >= 15 is 0 Å². The van der Waals surface area contributed by atoms with Crippen LogP contribution in [0.4, 0.5) is 9.18 Å². The molecule has 2 aromatic rings. The van der Waals surface area contributed by atoms with Gasteiger partial charge in [0.2, 0.25) is 11.8 Å². The number of amides is 4. The van der Waals surface area contributed by atoms with Crippen LogP contribution in [0.3, 0.4) is 0 Å². The van der Waals surface area contributed by atoms with Crippen molar-refractivity contribution in [2.24, 2.45) is 0 Å². The van der Waals surface area contributed by atoms with E-state index in [-0.39, 0.29) is 49.8 Å². The van der Waals surface area contributed by atoms with Gasteiger partial charge in [-0.15, -0.1) is 0 Å². The van der Waals surface area contributed by atoms with E-state index in [2.05, 4.69) is 5.32 Å². The van der Waals surface area contributed by atoms with Crippen LogP contribution in [0, 0.1) is 5.82 Å². The lowest BCUT2D eigenvalue weighted by molar-refractivity contribution is -0.178. The van der Waals surface area contributed by atoms with Crippen LogP contribution in [0.2, 0.25) is 0 Å². The first-order valence-electron chi connectivity index (χ1n) is 11.5. The molecule has 2 aliphatic heterocycles. The number of benzene rings is 2. The maximum absolute atomic E-state index is 13.0. The minimum Gasteiger partial charge on any atom is -0.385 e. The predicted molar refractivity (Wildman–Crippen MR) is 128 cm³/mol. The van der Waals surface area contributed by atoms with Crippen molar-refractivity contribution < 1.29 is 23.5 Å². The van der Waals surface area contributed by atoms with E-state index in [9.17, 15) is 18.8 Å². The van der Waals surface area contributed by atoms with Crippen molar-refractivity contribution in [2.75, 3.05) is 46.9 Å². The first kappa shape index (κ1) is 26.1. The maximum Gasteiger partial charge on any atom is 0.334 e. The third-order valence-corrected chi connectivity index (χ3v) is 5.74. The molecule has 2 saturated heterocycles. The molecule has 1 unspecified atom stereocenters. The molecule has 0 saturated carbocycles. The quantitative estimate of drug-likeness (QED) is 0.632. The number of likely N-dealkylation sites (N-methyl/N-ethyl adjacent to an activating group) is 1. The van der Waals surface area contributed by atoms with Crippen LogP contribution < -0.4 is 5.32 Å². The number of methoxy groups -OCH3 is 1. The molecule has 10 heteroatoms. The van der Waals surface area contributed by atoms with Crippen molar-refractivity contribution in [1.82, 2.24) is 25.1 Å². The summed E-state index contributed by atoms with van der Waals surface area (Å²) in [6.45, 7) is 1.45. The fraction of sp³-hybridized carbons (Fsp3) is 0.400. The van der Waals surface area contributed by atoms with Gasteiger partial charge in [0, 0.05) is 33.9 Å². The molecule has 2 aliphatic rings. The molecule has 1 atom stereocenters. The highest BCUT2D eigenvalue weighted by atomic mass is 19.1. The number of piperazine rings is 1. The topological polar surface area (TPSA) is 85.4 Å². The summed E-state index contributed by atoms with van der Waals surface area (Å²) in [5.74, 6) is -0.669. The average Bonchev–Trinajstić information content (AvgIpc) is 2.86. The van der Waals surface area contributed by atoms with Crippen LogP contribution in [0.15, 0.2) is 60.7 Å². The van der Waals surface area contributed by atoms with Crippen molar-refractivity contribution in [3.05, 3.63) is 72.0 Å². The summed E-state index contributed by atoms with van der Waals surface area (Å²) in [7, 11) is 3.26. The van der Waals surface area contributed by atoms with Gasteiger partial charge in [-0.25, -0.2) is 19.2 Å². The third-order valence-electron chi connectivity index (χ3n) is 5.74. The van der Waals surface area contributed by atoms with Crippen LogP contribution in [-0.2, 0) is 20.9 Å². The molecule has 0 aliphatic carbocycles. The molecule has 2 fully saturated rings. The highest BCUT2D eigenvalue weighted by molar-refractivity contribution is 5.89. The molecular formula is C25H32FN5O4. The lowest BCUT2D eigenvalue weighted by Crippen LogP contribution is -2.73. The summed E-state index contributed by atoms with van der Waals surface area (Å²) in [6.07, 6.45) is 0.102. The van der Waals surface area contributed by atoms with Crippen molar-refractivity contribution >= 4 is 17.8 Å². The second kappa shape index (κ2) is 12.8. The molecule has 2 aromatic carbocycles. The molecule has 9 nitrogen and oxygen atoms in total. The predicted octanol–water partition coefficient (Wildman–Crippen LogP) is 1.92. The van der Waals surface area contributed by atoms with Gasteiger partial charge in [-0.05, 0) is 24.1 Å². The first-order valence-corrected chi connectivity index (χ1v) is 11.5. The van der Waals surface area contributed by atoms with Gasteiger partial charge in [-0.1, -0.05) is 48.5 Å². The highest BCUT2D eigenvalue weighted by Gasteiger charge is 2.45. The Bertz CT molecular complexity index is 949. The standard InChI is InChI=1S/C19H26FN5O4.C6H6/c1-22-12-18(27)24-13-17(26)23(8-3-9-29-2)11-16(24)25(22)19(28)21-10-14-4-6-15(20)7-5-14;1-2-4-6-5-3-1/h4-7,16H,3,8-13H2,1-2H3,(H,21,28);1-6H. The number of halogens is 1. The lowest BCUT2D eigenvalue weighted by Gasteiger charge is -2.51.